The number of amides is 1. The van der Waals surface area contributed by atoms with Gasteiger partial charge in [0.15, 0.2) is 0 Å². The van der Waals surface area contributed by atoms with E-state index < -0.39 is 0 Å². The third-order valence-corrected chi connectivity index (χ3v) is 0.992. The van der Waals surface area contributed by atoms with Crippen molar-refractivity contribution in [1.82, 2.24) is 10.6 Å². The van der Waals surface area contributed by atoms with Gasteiger partial charge in [-0.25, -0.2) is 0 Å². The second kappa shape index (κ2) is 6.29. The zero-order chi connectivity index (χ0) is 7.82. The second-order valence-corrected chi connectivity index (χ2v) is 1.89. The molecule has 0 rings (SSSR count). The lowest BCUT2D eigenvalue weighted by Gasteiger charge is -1.99. The van der Waals surface area contributed by atoms with E-state index in [-0.39, 0.29) is 5.91 Å². The molecule has 0 aliphatic heterocycles. The third-order valence-electron chi connectivity index (χ3n) is 0.992. The fourth-order valence-corrected chi connectivity index (χ4v) is 0.521. The van der Waals surface area contributed by atoms with Crippen LogP contribution < -0.4 is 10.6 Å². The molecule has 0 spiro atoms. The third kappa shape index (κ3) is 5.31. The molecule has 0 bridgehead atoms. The number of rotatable bonds is 4. The fraction of sp³-hybridized carbons (Fsp3) is 0.571. The van der Waals surface area contributed by atoms with Crippen LogP contribution in [0.2, 0.25) is 0 Å². The molecule has 10 heavy (non-hydrogen) atoms. The first-order valence-electron chi connectivity index (χ1n) is 3.36. The van der Waals surface area contributed by atoms with Crippen LogP contribution >= 0.6 is 0 Å². The van der Waals surface area contributed by atoms with Gasteiger partial charge in [-0.1, -0.05) is 6.08 Å². The normalized spacial score (nSPS) is 10.2. The van der Waals surface area contributed by atoms with Gasteiger partial charge in [0.2, 0.25) is 5.91 Å². The van der Waals surface area contributed by atoms with Crippen LogP contribution in [0.4, 0.5) is 0 Å². The number of likely N-dealkylation sites (N-methyl/N-ethyl adjacent to an activating group) is 1. The number of nitrogens with one attached hydrogen (secondary N) is 2. The average Bonchev–Trinajstić information content (AvgIpc) is 1.89. The number of carbonyl (C=O) groups is 1. The van der Waals surface area contributed by atoms with Crippen LogP contribution in [0.5, 0.6) is 0 Å². The quantitative estimate of drug-likeness (QED) is 0.425. The van der Waals surface area contributed by atoms with Crippen molar-refractivity contribution in [3.63, 3.8) is 0 Å². The molecule has 2 N–H and O–H groups in total. The molecule has 0 aromatic heterocycles. The number of allylic oxidation sites excluding steroid dienone is 1. The van der Waals surface area contributed by atoms with E-state index in [2.05, 4.69) is 10.6 Å². The van der Waals surface area contributed by atoms with Gasteiger partial charge in [-0.2, -0.15) is 0 Å². The lowest BCUT2D eigenvalue weighted by Crippen LogP contribution is -2.28. The Morgan fingerprint density at radius 1 is 1.50 bits per heavy atom. The summed E-state index contributed by atoms with van der Waals surface area (Å²) in [5.41, 5.74) is 0. The molecule has 0 fully saturated rings. The summed E-state index contributed by atoms with van der Waals surface area (Å²) >= 11 is 0. The maximum absolute atomic E-state index is 10.7. The van der Waals surface area contributed by atoms with E-state index >= 15 is 0 Å². The Balaban J connectivity index is 3.22. The summed E-state index contributed by atoms with van der Waals surface area (Å²) in [5.74, 6) is -0.0299. The molecule has 0 atom stereocenters. The van der Waals surface area contributed by atoms with Crippen LogP contribution in [-0.2, 0) is 4.79 Å². The topological polar surface area (TPSA) is 41.1 Å². The molecule has 0 aliphatic rings. The van der Waals surface area contributed by atoms with Gasteiger partial charge in [0, 0.05) is 13.1 Å². The Morgan fingerprint density at radius 2 is 2.20 bits per heavy atom. The molecule has 3 nitrogen and oxygen atoms in total. The zero-order valence-corrected chi connectivity index (χ0v) is 6.48. The first-order chi connectivity index (χ1) is 4.81. The summed E-state index contributed by atoms with van der Waals surface area (Å²) < 4.78 is 0. The summed E-state index contributed by atoms with van der Waals surface area (Å²) in [5, 5.41) is 5.62. The summed E-state index contributed by atoms with van der Waals surface area (Å²) in [6, 6.07) is 0. The molecule has 0 saturated carbocycles. The van der Waals surface area contributed by atoms with Crippen molar-refractivity contribution < 1.29 is 4.79 Å². The fourth-order valence-electron chi connectivity index (χ4n) is 0.521. The van der Waals surface area contributed by atoms with Gasteiger partial charge in [-0.3, -0.25) is 4.79 Å². The number of carbonyl (C=O) groups excluding carboxylic acids is 1. The van der Waals surface area contributed by atoms with E-state index in [9.17, 15) is 4.79 Å². The van der Waals surface area contributed by atoms with Gasteiger partial charge in [-0.15, -0.1) is 0 Å². The summed E-state index contributed by atoms with van der Waals surface area (Å²) in [4.78, 5) is 10.7. The van der Waals surface area contributed by atoms with Crippen LogP contribution in [0.1, 0.15) is 6.92 Å². The van der Waals surface area contributed by atoms with E-state index in [0.29, 0.717) is 6.54 Å². The highest BCUT2D eigenvalue weighted by molar-refractivity contribution is 5.87. The minimum Gasteiger partial charge on any atom is -0.351 e. The van der Waals surface area contributed by atoms with Crippen molar-refractivity contribution in [2.45, 2.75) is 6.92 Å². The minimum atomic E-state index is -0.0299. The molecule has 1 amide bonds. The van der Waals surface area contributed by atoms with E-state index in [4.69, 9.17) is 0 Å². The van der Waals surface area contributed by atoms with Crippen LogP contribution in [-0.4, -0.2) is 26.0 Å². The Morgan fingerprint density at radius 3 is 2.70 bits per heavy atom. The zero-order valence-electron chi connectivity index (χ0n) is 6.48. The van der Waals surface area contributed by atoms with Gasteiger partial charge in [0.25, 0.3) is 0 Å². The Bertz CT molecular complexity index is 121. The second-order valence-electron chi connectivity index (χ2n) is 1.89. The molecule has 0 saturated heterocycles. The smallest absolute Gasteiger partial charge is 0.243 e. The predicted molar refractivity (Wildman–Crippen MR) is 41.8 cm³/mol. The standard InChI is InChI=1S/C7H14N2O/c1-3-4-7(10)9-6-5-8-2/h3-4,8H,5-6H2,1-2H3,(H,9,10)/b4-3+. The van der Waals surface area contributed by atoms with Crippen LogP contribution in [0.3, 0.4) is 0 Å². The monoisotopic (exact) mass is 142 g/mol. The van der Waals surface area contributed by atoms with Crippen molar-refractivity contribution >= 4 is 5.91 Å². The highest BCUT2D eigenvalue weighted by atomic mass is 16.1. The molecule has 0 unspecified atom stereocenters. The molecule has 3 heteroatoms. The van der Waals surface area contributed by atoms with Crippen LogP contribution in [0, 0.1) is 0 Å². The Hall–Kier alpha value is -0.830. The van der Waals surface area contributed by atoms with Gasteiger partial charge in [-0.05, 0) is 20.0 Å². The Kier molecular flexibility index (Phi) is 5.77. The molecular formula is C7H14N2O. The van der Waals surface area contributed by atoms with Crippen LogP contribution in [0.15, 0.2) is 12.2 Å². The average molecular weight is 142 g/mol. The molecule has 0 aromatic carbocycles. The predicted octanol–water partition coefficient (Wildman–Crippen LogP) is -0.102. The van der Waals surface area contributed by atoms with E-state index in [0.717, 1.165) is 6.54 Å². The molecule has 0 aromatic rings. The lowest BCUT2D eigenvalue weighted by atomic mass is 10.5. The van der Waals surface area contributed by atoms with Crippen molar-refractivity contribution in [2.24, 2.45) is 0 Å². The molecular weight excluding hydrogens is 128 g/mol. The van der Waals surface area contributed by atoms with E-state index in [1.165, 1.54) is 6.08 Å². The molecule has 0 radical (unpaired) electrons. The first kappa shape index (κ1) is 9.17. The maximum Gasteiger partial charge on any atom is 0.243 e. The van der Waals surface area contributed by atoms with Gasteiger partial charge in [0.05, 0.1) is 0 Å². The van der Waals surface area contributed by atoms with E-state index in [1.54, 1.807) is 6.08 Å². The van der Waals surface area contributed by atoms with Gasteiger partial charge < -0.3 is 10.6 Å². The largest absolute Gasteiger partial charge is 0.351 e. The van der Waals surface area contributed by atoms with E-state index in [1.807, 2.05) is 14.0 Å². The van der Waals surface area contributed by atoms with Crippen molar-refractivity contribution in [3.05, 3.63) is 12.2 Å². The SMILES string of the molecule is C/C=C/C(=O)NCCNC. The van der Waals surface area contributed by atoms with Crippen LogP contribution in [0.25, 0.3) is 0 Å². The minimum absolute atomic E-state index is 0.0299. The first-order valence-corrected chi connectivity index (χ1v) is 3.36. The van der Waals surface area contributed by atoms with Gasteiger partial charge >= 0.3 is 0 Å². The molecule has 58 valence electrons. The van der Waals surface area contributed by atoms with Crippen molar-refractivity contribution in [3.8, 4) is 0 Å². The lowest BCUT2D eigenvalue weighted by molar-refractivity contribution is -0.116. The molecule has 0 heterocycles. The number of hydrogen-bond acceptors (Lipinski definition) is 2. The van der Waals surface area contributed by atoms with Crippen molar-refractivity contribution in [1.29, 1.82) is 0 Å². The molecule has 0 aliphatic carbocycles. The highest BCUT2D eigenvalue weighted by Gasteiger charge is 1.89. The van der Waals surface area contributed by atoms with Crippen molar-refractivity contribution in [2.75, 3.05) is 20.1 Å². The summed E-state index contributed by atoms with van der Waals surface area (Å²) in [7, 11) is 1.85. The Labute approximate surface area is 61.5 Å². The number of hydrogen-bond donors (Lipinski definition) is 2. The highest BCUT2D eigenvalue weighted by Crippen LogP contribution is 1.69. The maximum atomic E-state index is 10.7. The van der Waals surface area contributed by atoms with Gasteiger partial charge in [0.1, 0.15) is 0 Å². The summed E-state index contributed by atoms with van der Waals surface area (Å²) in [6.45, 7) is 3.31. The summed E-state index contributed by atoms with van der Waals surface area (Å²) in [6.07, 6.45) is 3.23.